The second-order valence-electron chi connectivity index (χ2n) is 5.24. The molecule has 0 fully saturated rings. The van der Waals surface area contributed by atoms with E-state index in [1.54, 1.807) is 6.20 Å². The van der Waals surface area contributed by atoms with Crippen LogP contribution in [-0.4, -0.2) is 11.6 Å². The fourth-order valence-corrected chi connectivity index (χ4v) is 2.36. The molecule has 1 aromatic heterocycles. The molecule has 1 heterocycles. The van der Waals surface area contributed by atoms with E-state index in [1.807, 2.05) is 18.2 Å². The molecule has 23 heavy (non-hydrogen) atoms. The van der Waals surface area contributed by atoms with Crippen LogP contribution in [0.5, 0.6) is 5.75 Å². The number of benzene rings is 2. The van der Waals surface area contributed by atoms with Crippen LogP contribution < -0.4 is 10.5 Å². The molecule has 120 valence electrons. The van der Waals surface area contributed by atoms with Crippen molar-refractivity contribution >= 4 is 16.6 Å². The second-order valence-corrected chi connectivity index (χ2v) is 5.24. The molecule has 0 aliphatic heterocycles. The van der Waals surface area contributed by atoms with Gasteiger partial charge in [-0.25, -0.2) is 0 Å². The van der Waals surface area contributed by atoms with E-state index in [-0.39, 0.29) is 0 Å². The number of ether oxygens (including phenoxy) is 1. The number of nitrogens with one attached hydrogen (secondary N) is 1. The van der Waals surface area contributed by atoms with Crippen molar-refractivity contribution in [3.05, 3.63) is 59.8 Å². The Bertz CT molecular complexity index is 807. The van der Waals surface area contributed by atoms with E-state index in [4.69, 9.17) is 10.5 Å². The number of fused-ring (bicyclic) bond motifs is 1. The molecule has 0 amide bonds. The molecule has 3 aromatic rings. The first-order valence-electron chi connectivity index (χ1n) is 7.09. The molecule has 3 nitrogen and oxygen atoms in total. The fourth-order valence-electron chi connectivity index (χ4n) is 2.36. The van der Waals surface area contributed by atoms with Crippen LogP contribution in [0.15, 0.2) is 48.7 Å². The molecule has 0 radical (unpaired) electrons. The van der Waals surface area contributed by atoms with Gasteiger partial charge in [-0.2, -0.15) is 13.2 Å². The molecule has 0 saturated carbocycles. The van der Waals surface area contributed by atoms with E-state index in [2.05, 4.69) is 4.98 Å². The first-order chi connectivity index (χ1) is 10.9. The van der Waals surface area contributed by atoms with E-state index in [0.717, 1.165) is 28.6 Å². The molecule has 2 aromatic carbocycles. The van der Waals surface area contributed by atoms with Gasteiger partial charge in [0.2, 0.25) is 0 Å². The van der Waals surface area contributed by atoms with Crippen LogP contribution in [0.3, 0.4) is 0 Å². The number of alkyl halides is 3. The molecule has 0 aliphatic rings. The van der Waals surface area contributed by atoms with Crippen LogP contribution in [0, 0.1) is 0 Å². The predicted molar refractivity (Wildman–Crippen MR) is 83.4 cm³/mol. The standard InChI is InChI=1S/C17H15F3N2O/c18-17(19,20)12-3-1-11(2-4-12)7-8-23-13-5-6-16-14(9-13)15(21)10-22-16/h1-6,9-10,22H,7-8,21H2. The maximum Gasteiger partial charge on any atom is 0.416 e. The third-order valence-corrected chi connectivity index (χ3v) is 3.63. The minimum atomic E-state index is -4.30. The number of anilines is 1. The van der Waals surface area contributed by atoms with E-state index in [0.29, 0.717) is 24.5 Å². The van der Waals surface area contributed by atoms with Gasteiger partial charge in [0.05, 0.1) is 17.9 Å². The van der Waals surface area contributed by atoms with Crippen LogP contribution in [0.25, 0.3) is 10.9 Å². The molecule has 0 spiro atoms. The zero-order chi connectivity index (χ0) is 16.4. The summed E-state index contributed by atoms with van der Waals surface area (Å²) in [6, 6.07) is 10.7. The first-order valence-corrected chi connectivity index (χ1v) is 7.09. The Balaban J connectivity index is 1.61. The largest absolute Gasteiger partial charge is 0.493 e. The van der Waals surface area contributed by atoms with Crippen molar-refractivity contribution in [2.75, 3.05) is 12.3 Å². The Labute approximate surface area is 130 Å². The summed E-state index contributed by atoms with van der Waals surface area (Å²) in [6.07, 6.45) is -2.06. The van der Waals surface area contributed by atoms with Crippen molar-refractivity contribution in [2.45, 2.75) is 12.6 Å². The van der Waals surface area contributed by atoms with Gasteiger partial charge in [0, 0.05) is 23.5 Å². The molecule has 0 saturated heterocycles. The number of aromatic amines is 1. The van der Waals surface area contributed by atoms with Gasteiger partial charge in [0.1, 0.15) is 5.75 Å². The van der Waals surface area contributed by atoms with Crippen LogP contribution in [0.2, 0.25) is 0 Å². The number of hydrogen-bond acceptors (Lipinski definition) is 2. The second kappa shape index (κ2) is 5.87. The van der Waals surface area contributed by atoms with Gasteiger partial charge >= 0.3 is 6.18 Å². The lowest BCUT2D eigenvalue weighted by molar-refractivity contribution is -0.137. The third kappa shape index (κ3) is 3.41. The minimum absolute atomic E-state index is 0.376. The van der Waals surface area contributed by atoms with Crippen LogP contribution in [0.1, 0.15) is 11.1 Å². The predicted octanol–water partition coefficient (Wildman–Crippen LogP) is 4.39. The summed E-state index contributed by atoms with van der Waals surface area (Å²) in [5.74, 6) is 0.677. The Morgan fingerprint density at radius 3 is 2.48 bits per heavy atom. The summed E-state index contributed by atoms with van der Waals surface area (Å²) in [4.78, 5) is 3.04. The molecule has 0 atom stereocenters. The van der Waals surface area contributed by atoms with Gasteiger partial charge in [0.15, 0.2) is 0 Å². The highest BCUT2D eigenvalue weighted by atomic mass is 19.4. The van der Waals surface area contributed by atoms with Crippen molar-refractivity contribution in [1.82, 2.24) is 4.98 Å². The molecule has 3 rings (SSSR count). The number of H-pyrrole nitrogens is 1. The van der Waals surface area contributed by atoms with Crippen LogP contribution in [-0.2, 0) is 12.6 Å². The normalized spacial score (nSPS) is 11.8. The molecule has 0 unspecified atom stereocenters. The smallest absolute Gasteiger partial charge is 0.416 e. The number of rotatable bonds is 4. The summed E-state index contributed by atoms with van der Waals surface area (Å²) in [5.41, 5.74) is 7.56. The summed E-state index contributed by atoms with van der Waals surface area (Å²) >= 11 is 0. The number of hydrogen-bond donors (Lipinski definition) is 2. The topological polar surface area (TPSA) is 51.0 Å². The quantitative estimate of drug-likeness (QED) is 0.749. The SMILES string of the molecule is Nc1c[nH]c2ccc(OCCc3ccc(C(F)(F)F)cc3)cc12. The van der Waals surface area contributed by atoms with Gasteiger partial charge in [-0.15, -0.1) is 0 Å². The summed E-state index contributed by atoms with van der Waals surface area (Å²) in [7, 11) is 0. The summed E-state index contributed by atoms with van der Waals surface area (Å²) in [5, 5.41) is 0.886. The molecule has 0 aliphatic carbocycles. The van der Waals surface area contributed by atoms with E-state index in [1.165, 1.54) is 12.1 Å². The Morgan fingerprint density at radius 1 is 1.04 bits per heavy atom. The molecular weight excluding hydrogens is 305 g/mol. The van der Waals surface area contributed by atoms with E-state index >= 15 is 0 Å². The zero-order valence-corrected chi connectivity index (χ0v) is 12.2. The Morgan fingerprint density at radius 2 is 1.78 bits per heavy atom. The van der Waals surface area contributed by atoms with E-state index in [9.17, 15) is 13.2 Å². The van der Waals surface area contributed by atoms with Crippen LogP contribution in [0.4, 0.5) is 18.9 Å². The van der Waals surface area contributed by atoms with Gasteiger partial charge in [-0.1, -0.05) is 12.1 Å². The van der Waals surface area contributed by atoms with Crippen molar-refractivity contribution in [1.29, 1.82) is 0 Å². The Hall–Kier alpha value is -2.63. The third-order valence-electron chi connectivity index (χ3n) is 3.63. The van der Waals surface area contributed by atoms with Crippen molar-refractivity contribution in [3.8, 4) is 5.75 Å². The van der Waals surface area contributed by atoms with Crippen LogP contribution >= 0.6 is 0 Å². The summed E-state index contributed by atoms with van der Waals surface area (Å²) < 4.78 is 43.1. The summed E-state index contributed by atoms with van der Waals surface area (Å²) in [6.45, 7) is 0.376. The highest BCUT2D eigenvalue weighted by Crippen LogP contribution is 2.29. The van der Waals surface area contributed by atoms with Crippen molar-refractivity contribution in [3.63, 3.8) is 0 Å². The lowest BCUT2D eigenvalue weighted by Gasteiger charge is -2.09. The van der Waals surface area contributed by atoms with Gasteiger partial charge < -0.3 is 15.5 Å². The molecule has 6 heteroatoms. The average Bonchev–Trinajstić information content (AvgIpc) is 2.88. The van der Waals surface area contributed by atoms with E-state index < -0.39 is 11.7 Å². The van der Waals surface area contributed by atoms with Crippen molar-refractivity contribution < 1.29 is 17.9 Å². The maximum absolute atomic E-state index is 12.5. The molecule has 3 N–H and O–H groups in total. The number of halogens is 3. The van der Waals surface area contributed by atoms with Gasteiger partial charge in [0.25, 0.3) is 0 Å². The number of aromatic nitrogens is 1. The number of nitrogen functional groups attached to an aromatic ring is 1. The maximum atomic E-state index is 12.5. The average molecular weight is 320 g/mol. The lowest BCUT2D eigenvalue weighted by atomic mass is 10.1. The Kier molecular flexibility index (Phi) is 3.90. The monoisotopic (exact) mass is 320 g/mol. The van der Waals surface area contributed by atoms with Gasteiger partial charge in [-0.3, -0.25) is 0 Å². The fraction of sp³-hybridized carbons (Fsp3) is 0.176. The molecule has 0 bridgehead atoms. The number of nitrogens with two attached hydrogens (primary N) is 1. The highest BCUT2D eigenvalue weighted by Gasteiger charge is 2.29. The first kappa shape index (κ1) is 15.3. The van der Waals surface area contributed by atoms with Crippen molar-refractivity contribution in [2.24, 2.45) is 0 Å². The highest BCUT2D eigenvalue weighted by molar-refractivity contribution is 5.92. The lowest BCUT2D eigenvalue weighted by Crippen LogP contribution is -2.05. The van der Waals surface area contributed by atoms with Gasteiger partial charge in [-0.05, 0) is 35.9 Å². The zero-order valence-electron chi connectivity index (χ0n) is 12.2. The minimum Gasteiger partial charge on any atom is -0.493 e. The molecular formula is C17H15F3N2O.